The van der Waals surface area contributed by atoms with E-state index in [0.29, 0.717) is 28.4 Å². The lowest BCUT2D eigenvalue weighted by Crippen LogP contribution is -2.16. The summed E-state index contributed by atoms with van der Waals surface area (Å²) in [4.78, 5) is 38.5. The number of aryl methyl sites for hydroxylation is 1. The summed E-state index contributed by atoms with van der Waals surface area (Å²) in [7, 11) is 1.50. The molecule has 0 radical (unpaired) electrons. The van der Waals surface area contributed by atoms with E-state index in [1.54, 1.807) is 54.9 Å². The minimum absolute atomic E-state index is 0.216. The Kier molecular flexibility index (Phi) is 6.65. The minimum atomic E-state index is -0.360. The zero-order valence-electron chi connectivity index (χ0n) is 20.7. The number of carbonyl (C=O) groups is 2. The topological polar surface area (TPSA) is 132 Å². The third-order valence-electron chi connectivity index (χ3n) is 6.03. The molecule has 0 aliphatic heterocycles. The van der Waals surface area contributed by atoms with Gasteiger partial charge in [0.15, 0.2) is 0 Å². The van der Waals surface area contributed by atoms with Crippen LogP contribution in [0.5, 0.6) is 5.75 Å². The second-order valence-corrected chi connectivity index (χ2v) is 8.57. The second-order valence-electron chi connectivity index (χ2n) is 8.57. The molecule has 5 rings (SSSR count). The van der Waals surface area contributed by atoms with E-state index in [1.165, 1.54) is 7.11 Å². The van der Waals surface area contributed by atoms with Gasteiger partial charge in [-0.3, -0.25) is 9.59 Å². The molecule has 5 aromatic rings. The van der Waals surface area contributed by atoms with Crippen molar-refractivity contribution in [1.29, 1.82) is 0 Å². The van der Waals surface area contributed by atoms with Crippen LogP contribution in [0.3, 0.4) is 0 Å². The van der Waals surface area contributed by atoms with Gasteiger partial charge in [0.25, 0.3) is 11.8 Å². The molecule has 0 atom stereocenters. The number of pyridine rings is 1. The van der Waals surface area contributed by atoms with E-state index >= 15 is 0 Å². The van der Waals surface area contributed by atoms with Crippen LogP contribution in [0.4, 0.5) is 17.5 Å². The Hall–Kier alpha value is -5.31. The summed E-state index contributed by atoms with van der Waals surface area (Å²) in [6, 6.07) is 21.3. The number of carbonyl (C=O) groups excluding carboxylic acids is 2. The highest BCUT2D eigenvalue weighted by Crippen LogP contribution is 2.30. The van der Waals surface area contributed by atoms with Gasteiger partial charge in [0.2, 0.25) is 5.95 Å². The quantitative estimate of drug-likeness (QED) is 0.293. The normalized spacial score (nSPS) is 10.7. The summed E-state index contributed by atoms with van der Waals surface area (Å²) >= 11 is 0. The molecule has 2 aromatic heterocycles. The number of benzene rings is 3. The van der Waals surface area contributed by atoms with Gasteiger partial charge in [-0.15, -0.1) is 0 Å². The molecule has 0 aliphatic rings. The summed E-state index contributed by atoms with van der Waals surface area (Å²) in [5.74, 6) is 0.364. The Morgan fingerprint density at radius 1 is 0.868 bits per heavy atom. The van der Waals surface area contributed by atoms with Gasteiger partial charge in [-0.05, 0) is 78.2 Å². The molecule has 38 heavy (non-hydrogen) atoms. The van der Waals surface area contributed by atoms with Crippen molar-refractivity contribution < 1.29 is 14.3 Å². The van der Waals surface area contributed by atoms with Crippen LogP contribution in [0.2, 0.25) is 0 Å². The molecule has 0 spiro atoms. The average molecular weight is 505 g/mol. The largest absolute Gasteiger partial charge is 0.495 e. The van der Waals surface area contributed by atoms with E-state index in [-0.39, 0.29) is 17.8 Å². The number of hydrogen-bond acceptors (Lipinski definition) is 7. The van der Waals surface area contributed by atoms with Crippen LogP contribution >= 0.6 is 0 Å². The summed E-state index contributed by atoms with van der Waals surface area (Å²) in [5, 5.41) is 6.46. The van der Waals surface area contributed by atoms with E-state index in [1.807, 2.05) is 37.3 Å². The Bertz CT molecular complexity index is 1670. The van der Waals surface area contributed by atoms with Gasteiger partial charge < -0.3 is 21.1 Å². The number of nitrogens with one attached hydrogen (secondary N) is 2. The van der Waals surface area contributed by atoms with Crippen molar-refractivity contribution in [3.05, 3.63) is 102 Å². The number of rotatable bonds is 6. The molecule has 2 amide bonds. The van der Waals surface area contributed by atoms with Gasteiger partial charge in [-0.1, -0.05) is 18.2 Å². The Balaban J connectivity index is 1.41. The number of fused-ring (bicyclic) bond motifs is 1. The Morgan fingerprint density at radius 3 is 2.45 bits per heavy atom. The summed E-state index contributed by atoms with van der Waals surface area (Å²) in [6.45, 7) is 1.98. The smallest absolute Gasteiger partial charge is 0.256 e. The van der Waals surface area contributed by atoms with Gasteiger partial charge in [-0.25, -0.2) is 15.0 Å². The first-order valence-electron chi connectivity index (χ1n) is 11.8. The minimum Gasteiger partial charge on any atom is -0.495 e. The van der Waals surface area contributed by atoms with Gasteiger partial charge >= 0.3 is 0 Å². The highest BCUT2D eigenvalue weighted by Gasteiger charge is 2.16. The standard InChI is InChI=1S/C29H24N6O3/c1-17-6-7-19(14-22(17)18-8-10-23-21(13-18)16-32-29(30)34-23)27(36)33-24-15-20(9-11-25(24)38-2)28(37)35-26-5-3-4-12-31-26/h3-16H,1-2H3,(H,33,36)(H2,30,32,34)(H,31,35,37). The number of hydrogen-bond donors (Lipinski definition) is 3. The predicted molar refractivity (Wildman–Crippen MR) is 147 cm³/mol. The first-order chi connectivity index (χ1) is 18.4. The van der Waals surface area contributed by atoms with Crippen LogP contribution in [-0.2, 0) is 0 Å². The van der Waals surface area contributed by atoms with Gasteiger partial charge in [0.1, 0.15) is 11.6 Å². The van der Waals surface area contributed by atoms with Crippen LogP contribution in [0.1, 0.15) is 26.3 Å². The van der Waals surface area contributed by atoms with E-state index < -0.39 is 0 Å². The highest BCUT2D eigenvalue weighted by molar-refractivity contribution is 6.08. The Morgan fingerprint density at radius 2 is 1.66 bits per heavy atom. The average Bonchev–Trinajstić information content (AvgIpc) is 2.93. The maximum absolute atomic E-state index is 13.3. The number of nitrogen functional groups attached to an aromatic ring is 1. The van der Waals surface area contributed by atoms with Crippen LogP contribution in [0.25, 0.3) is 22.0 Å². The second kappa shape index (κ2) is 10.4. The molecule has 0 saturated heterocycles. The lowest BCUT2D eigenvalue weighted by molar-refractivity contribution is 0.101. The fourth-order valence-corrected chi connectivity index (χ4v) is 4.06. The highest BCUT2D eigenvalue weighted by atomic mass is 16.5. The lowest BCUT2D eigenvalue weighted by atomic mass is 9.97. The van der Waals surface area contributed by atoms with Crippen molar-refractivity contribution in [3.63, 3.8) is 0 Å². The number of nitrogens with zero attached hydrogens (tertiary/aromatic N) is 3. The molecular formula is C29H24N6O3. The maximum Gasteiger partial charge on any atom is 0.256 e. The summed E-state index contributed by atoms with van der Waals surface area (Å²) < 4.78 is 5.42. The number of anilines is 3. The first-order valence-corrected chi connectivity index (χ1v) is 11.8. The van der Waals surface area contributed by atoms with Crippen molar-refractivity contribution in [3.8, 4) is 16.9 Å². The molecule has 9 heteroatoms. The molecular weight excluding hydrogens is 480 g/mol. The molecule has 4 N–H and O–H groups in total. The van der Waals surface area contributed by atoms with Gasteiger partial charge in [0, 0.05) is 28.9 Å². The van der Waals surface area contributed by atoms with Gasteiger partial charge in [-0.2, -0.15) is 0 Å². The van der Waals surface area contributed by atoms with Crippen molar-refractivity contribution in [1.82, 2.24) is 15.0 Å². The molecule has 3 aromatic carbocycles. The summed E-state index contributed by atoms with van der Waals surface area (Å²) in [6.07, 6.45) is 3.27. The molecule has 0 unspecified atom stereocenters. The maximum atomic E-state index is 13.3. The van der Waals surface area contributed by atoms with Crippen molar-refractivity contribution >= 4 is 40.2 Å². The molecule has 9 nitrogen and oxygen atoms in total. The SMILES string of the molecule is COc1ccc(C(=O)Nc2ccccn2)cc1NC(=O)c1ccc(C)c(-c2ccc3nc(N)ncc3c2)c1. The number of nitrogens with two attached hydrogens (primary N) is 1. The number of ether oxygens (including phenoxy) is 1. The van der Waals surface area contributed by atoms with Crippen LogP contribution in [-0.4, -0.2) is 33.9 Å². The molecule has 188 valence electrons. The first kappa shape index (κ1) is 24.4. The van der Waals surface area contributed by atoms with Crippen molar-refractivity contribution in [2.24, 2.45) is 0 Å². The summed E-state index contributed by atoms with van der Waals surface area (Å²) in [5.41, 5.74) is 10.4. The lowest BCUT2D eigenvalue weighted by Gasteiger charge is -2.14. The monoisotopic (exact) mass is 504 g/mol. The van der Waals surface area contributed by atoms with Crippen molar-refractivity contribution in [2.75, 3.05) is 23.5 Å². The van der Waals surface area contributed by atoms with Crippen LogP contribution in [0.15, 0.2) is 85.2 Å². The van der Waals surface area contributed by atoms with Crippen LogP contribution in [0, 0.1) is 6.92 Å². The molecule has 2 heterocycles. The fourth-order valence-electron chi connectivity index (χ4n) is 4.06. The van der Waals surface area contributed by atoms with Gasteiger partial charge in [0.05, 0.1) is 18.3 Å². The number of amides is 2. The zero-order valence-corrected chi connectivity index (χ0v) is 20.7. The molecule has 0 fully saturated rings. The zero-order chi connectivity index (χ0) is 26.6. The third kappa shape index (κ3) is 5.12. The Labute approximate surface area is 218 Å². The third-order valence-corrected chi connectivity index (χ3v) is 6.03. The molecule has 0 aliphatic carbocycles. The number of aromatic nitrogens is 3. The van der Waals surface area contributed by atoms with E-state index in [0.717, 1.165) is 27.6 Å². The van der Waals surface area contributed by atoms with Crippen LogP contribution < -0.4 is 21.1 Å². The van der Waals surface area contributed by atoms with E-state index in [4.69, 9.17) is 10.5 Å². The van der Waals surface area contributed by atoms with E-state index in [9.17, 15) is 9.59 Å². The molecule has 0 bridgehead atoms. The van der Waals surface area contributed by atoms with Crippen molar-refractivity contribution in [2.45, 2.75) is 6.92 Å². The van der Waals surface area contributed by atoms with E-state index in [2.05, 4.69) is 25.6 Å². The molecule has 0 saturated carbocycles. The predicted octanol–water partition coefficient (Wildman–Crippen LogP) is 5.10. The number of methoxy groups -OCH3 is 1. The fraction of sp³-hybridized carbons (Fsp3) is 0.0690.